The van der Waals surface area contributed by atoms with Gasteiger partial charge in [0.05, 0.1) is 6.61 Å². The number of hydrogen-bond donors (Lipinski definition) is 0. The minimum absolute atomic E-state index is 0.583. The average molecular weight is 309 g/mol. The summed E-state index contributed by atoms with van der Waals surface area (Å²) in [6.45, 7) is 3.00. The molecule has 96 valence electrons. The molecule has 1 aliphatic rings. The number of rotatable bonds is 4. The van der Waals surface area contributed by atoms with E-state index < -0.39 is 0 Å². The van der Waals surface area contributed by atoms with Crippen LogP contribution in [0.2, 0.25) is 0 Å². The Kier molecular flexibility index (Phi) is 4.59. The molecule has 18 heavy (non-hydrogen) atoms. The molecule has 0 saturated carbocycles. The monoisotopic (exact) mass is 308 g/mol. The van der Waals surface area contributed by atoms with Gasteiger partial charge in [0.25, 0.3) is 0 Å². The van der Waals surface area contributed by atoms with Gasteiger partial charge in [-0.1, -0.05) is 19.1 Å². The molecular formula is C15H17BrO2. The highest BCUT2D eigenvalue weighted by Crippen LogP contribution is 2.27. The SMILES string of the molecule is CC1CC=CCC1COc1ccc(C=O)c(Br)c1. The van der Waals surface area contributed by atoms with Gasteiger partial charge in [-0.2, -0.15) is 0 Å². The second kappa shape index (κ2) is 6.19. The lowest BCUT2D eigenvalue weighted by Gasteiger charge is -2.25. The maximum absolute atomic E-state index is 10.7. The zero-order valence-corrected chi connectivity index (χ0v) is 12.0. The fourth-order valence-electron chi connectivity index (χ4n) is 2.14. The van der Waals surface area contributed by atoms with Crippen LogP contribution < -0.4 is 4.74 Å². The lowest BCUT2D eigenvalue weighted by molar-refractivity contribution is 0.112. The lowest BCUT2D eigenvalue weighted by atomic mass is 9.85. The van der Waals surface area contributed by atoms with Crippen molar-refractivity contribution in [2.75, 3.05) is 6.61 Å². The summed E-state index contributed by atoms with van der Waals surface area (Å²) in [6, 6.07) is 5.47. The fraction of sp³-hybridized carbons (Fsp3) is 0.400. The molecule has 0 radical (unpaired) electrons. The maximum Gasteiger partial charge on any atom is 0.151 e. The zero-order chi connectivity index (χ0) is 13.0. The Labute approximate surface area is 116 Å². The molecule has 0 fully saturated rings. The van der Waals surface area contributed by atoms with E-state index in [1.54, 1.807) is 6.07 Å². The molecule has 0 spiro atoms. The molecule has 0 saturated heterocycles. The summed E-state index contributed by atoms with van der Waals surface area (Å²) in [4.78, 5) is 10.7. The van der Waals surface area contributed by atoms with E-state index in [9.17, 15) is 4.79 Å². The van der Waals surface area contributed by atoms with Crippen molar-refractivity contribution in [2.45, 2.75) is 19.8 Å². The molecular weight excluding hydrogens is 292 g/mol. The van der Waals surface area contributed by atoms with Crippen LogP contribution in [0, 0.1) is 11.8 Å². The van der Waals surface area contributed by atoms with Crippen molar-refractivity contribution in [3.63, 3.8) is 0 Å². The van der Waals surface area contributed by atoms with Gasteiger partial charge >= 0.3 is 0 Å². The lowest BCUT2D eigenvalue weighted by Crippen LogP contribution is -2.21. The highest BCUT2D eigenvalue weighted by molar-refractivity contribution is 9.10. The molecule has 2 rings (SSSR count). The minimum atomic E-state index is 0.583. The molecule has 0 bridgehead atoms. The maximum atomic E-state index is 10.7. The second-order valence-electron chi connectivity index (χ2n) is 4.79. The normalized spacial score (nSPS) is 22.8. The molecule has 0 aliphatic heterocycles. The first-order valence-corrected chi connectivity index (χ1v) is 7.02. The molecule has 2 atom stereocenters. The quantitative estimate of drug-likeness (QED) is 0.614. The van der Waals surface area contributed by atoms with Crippen LogP contribution in [-0.4, -0.2) is 12.9 Å². The van der Waals surface area contributed by atoms with Gasteiger partial charge < -0.3 is 4.74 Å². The van der Waals surface area contributed by atoms with Crippen LogP contribution in [0.1, 0.15) is 30.1 Å². The average Bonchev–Trinajstić information content (AvgIpc) is 2.38. The summed E-state index contributed by atoms with van der Waals surface area (Å²) < 4.78 is 6.60. The Bertz CT molecular complexity index is 454. The number of allylic oxidation sites excluding steroid dienone is 2. The molecule has 0 N–H and O–H groups in total. The van der Waals surface area contributed by atoms with Crippen LogP contribution in [0.15, 0.2) is 34.8 Å². The minimum Gasteiger partial charge on any atom is -0.493 e. The fourth-order valence-corrected chi connectivity index (χ4v) is 2.59. The molecule has 2 nitrogen and oxygen atoms in total. The van der Waals surface area contributed by atoms with Gasteiger partial charge in [-0.15, -0.1) is 0 Å². The van der Waals surface area contributed by atoms with Crippen molar-refractivity contribution in [3.05, 3.63) is 40.4 Å². The third-order valence-corrected chi connectivity index (χ3v) is 4.17. The van der Waals surface area contributed by atoms with E-state index in [-0.39, 0.29) is 0 Å². The van der Waals surface area contributed by atoms with Crippen LogP contribution in [0.3, 0.4) is 0 Å². The Hall–Kier alpha value is -1.09. The zero-order valence-electron chi connectivity index (χ0n) is 10.4. The highest BCUT2D eigenvalue weighted by atomic mass is 79.9. The summed E-state index contributed by atoms with van der Waals surface area (Å²) >= 11 is 3.36. The van der Waals surface area contributed by atoms with Crippen molar-refractivity contribution in [2.24, 2.45) is 11.8 Å². The number of hydrogen-bond acceptors (Lipinski definition) is 2. The number of aldehydes is 1. The predicted molar refractivity (Wildman–Crippen MR) is 76.1 cm³/mol. The number of ether oxygens (including phenoxy) is 1. The molecule has 1 aromatic rings. The van der Waals surface area contributed by atoms with E-state index in [0.29, 0.717) is 17.4 Å². The third kappa shape index (κ3) is 3.22. The first kappa shape index (κ1) is 13.3. The van der Waals surface area contributed by atoms with E-state index in [0.717, 1.165) is 36.0 Å². The largest absolute Gasteiger partial charge is 0.493 e. The summed E-state index contributed by atoms with van der Waals surface area (Å²) in [5, 5.41) is 0. The Morgan fingerprint density at radius 1 is 1.39 bits per heavy atom. The van der Waals surface area contributed by atoms with E-state index in [1.165, 1.54) is 0 Å². The third-order valence-electron chi connectivity index (χ3n) is 3.48. The first-order valence-electron chi connectivity index (χ1n) is 6.23. The molecule has 0 aromatic heterocycles. The van der Waals surface area contributed by atoms with Crippen LogP contribution in [-0.2, 0) is 0 Å². The smallest absolute Gasteiger partial charge is 0.151 e. The van der Waals surface area contributed by atoms with Crippen LogP contribution in [0.5, 0.6) is 5.75 Å². The summed E-state index contributed by atoms with van der Waals surface area (Å²) in [6.07, 6.45) is 7.55. The summed E-state index contributed by atoms with van der Waals surface area (Å²) in [5.41, 5.74) is 0.649. The van der Waals surface area contributed by atoms with Gasteiger partial charge in [0.1, 0.15) is 5.75 Å². The van der Waals surface area contributed by atoms with E-state index >= 15 is 0 Å². The summed E-state index contributed by atoms with van der Waals surface area (Å²) in [5.74, 6) is 2.07. The van der Waals surface area contributed by atoms with Gasteiger partial charge in [0.2, 0.25) is 0 Å². The number of benzene rings is 1. The highest BCUT2D eigenvalue weighted by Gasteiger charge is 2.18. The van der Waals surface area contributed by atoms with Crippen LogP contribution in [0.25, 0.3) is 0 Å². The van der Waals surface area contributed by atoms with Gasteiger partial charge in [-0.05, 0) is 58.8 Å². The molecule has 1 aromatic carbocycles. The van der Waals surface area contributed by atoms with Gasteiger partial charge in [0, 0.05) is 10.0 Å². The molecule has 1 aliphatic carbocycles. The van der Waals surface area contributed by atoms with Gasteiger partial charge in [-0.25, -0.2) is 0 Å². The molecule has 3 heteroatoms. The summed E-state index contributed by atoms with van der Waals surface area (Å²) in [7, 11) is 0. The van der Waals surface area contributed by atoms with Crippen molar-refractivity contribution >= 4 is 22.2 Å². The second-order valence-corrected chi connectivity index (χ2v) is 5.65. The number of carbonyl (C=O) groups excluding carboxylic acids is 1. The van der Waals surface area contributed by atoms with Crippen LogP contribution in [0.4, 0.5) is 0 Å². The Morgan fingerprint density at radius 2 is 2.17 bits per heavy atom. The molecule has 0 heterocycles. The molecule has 2 unspecified atom stereocenters. The van der Waals surface area contributed by atoms with E-state index in [2.05, 4.69) is 35.0 Å². The van der Waals surface area contributed by atoms with E-state index in [1.807, 2.05) is 12.1 Å². The van der Waals surface area contributed by atoms with Gasteiger partial charge in [-0.3, -0.25) is 4.79 Å². The van der Waals surface area contributed by atoms with Crippen LogP contribution >= 0.6 is 15.9 Å². The Balaban J connectivity index is 1.95. The van der Waals surface area contributed by atoms with Crippen molar-refractivity contribution in [3.8, 4) is 5.75 Å². The van der Waals surface area contributed by atoms with Crippen molar-refractivity contribution in [1.29, 1.82) is 0 Å². The van der Waals surface area contributed by atoms with Gasteiger partial charge in [0.15, 0.2) is 6.29 Å². The molecule has 0 amide bonds. The first-order chi connectivity index (χ1) is 8.70. The standard InChI is InChI=1S/C15H17BrO2/c1-11-4-2-3-5-13(11)10-18-14-7-6-12(9-17)15(16)8-14/h2-3,6-9,11,13H,4-5,10H2,1H3. The Morgan fingerprint density at radius 3 is 2.83 bits per heavy atom. The van der Waals surface area contributed by atoms with Crippen molar-refractivity contribution in [1.82, 2.24) is 0 Å². The topological polar surface area (TPSA) is 26.3 Å². The van der Waals surface area contributed by atoms with Crippen molar-refractivity contribution < 1.29 is 9.53 Å². The number of halogens is 1. The number of carbonyl (C=O) groups is 1. The predicted octanol–water partition coefficient (Wildman–Crippen LogP) is 4.24. The van der Waals surface area contributed by atoms with E-state index in [4.69, 9.17) is 4.74 Å².